The number of benzene rings is 2. The van der Waals surface area contributed by atoms with Gasteiger partial charge in [-0.25, -0.2) is 4.98 Å². The van der Waals surface area contributed by atoms with Crippen molar-refractivity contribution in [1.82, 2.24) is 4.98 Å². The second-order valence-corrected chi connectivity index (χ2v) is 8.23. The van der Waals surface area contributed by atoms with Crippen LogP contribution in [0.4, 0.5) is 11.4 Å². The third-order valence-electron chi connectivity index (χ3n) is 5.20. The average Bonchev–Trinajstić information content (AvgIpc) is 3.24. The first-order valence-corrected chi connectivity index (χ1v) is 10.8. The molecule has 2 aromatic heterocycles. The maximum atomic E-state index is 12.8. The fraction of sp³-hybridized carbons (Fsp3) is 0.167. The molecule has 5 nitrogen and oxygen atoms in total. The van der Waals surface area contributed by atoms with E-state index < -0.39 is 0 Å². The number of fused-ring (bicyclic) bond motifs is 1. The number of amides is 1. The number of carbonyl (C=O) groups is 1. The molecule has 0 saturated carbocycles. The summed E-state index contributed by atoms with van der Waals surface area (Å²) in [4.78, 5) is 21.1. The minimum Gasteiger partial charge on any atom is -0.378 e. The number of anilines is 2. The Morgan fingerprint density at radius 2 is 1.73 bits per heavy atom. The second-order valence-electron chi connectivity index (χ2n) is 7.20. The average molecular weight is 416 g/mol. The van der Waals surface area contributed by atoms with Crippen molar-refractivity contribution in [2.45, 2.75) is 0 Å². The molecule has 1 amide bonds. The molecule has 0 bridgehead atoms. The fourth-order valence-corrected chi connectivity index (χ4v) is 4.48. The van der Waals surface area contributed by atoms with E-state index in [9.17, 15) is 4.79 Å². The number of hydrogen-bond donors (Lipinski definition) is 1. The highest BCUT2D eigenvalue weighted by atomic mass is 32.1. The zero-order chi connectivity index (χ0) is 20.3. The third kappa shape index (κ3) is 3.92. The maximum absolute atomic E-state index is 12.8. The van der Waals surface area contributed by atoms with Gasteiger partial charge >= 0.3 is 0 Å². The highest BCUT2D eigenvalue weighted by Crippen LogP contribution is 2.29. The zero-order valence-corrected chi connectivity index (χ0v) is 17.2. The Kier molecular flexibility index (Phi) is 5.17. The number of thiophene rings is 1. The third-order valence-corrected chi connectivity index (χ3v) is 6.26. The number of hydrogen-bond acceptors (Lipinski definition) is 5. The van der Waals surface area contributed by atoms with Crippen LogP contribution in [0.3, 0.4) is 0 Å². The predicted molar refractivity (Wildman–Crippen MR) is 122 cm³/mol. The summed E-state index contributed by atoms with van der Waals surface area (Å²) < 4.78 is 5.40. The summed E-state index contributed by atoms with van der Waals surface area (Å²) in [7, 11) is 0. The molecule has 0 unspecified atom stereocenters. The van der Waals surface area contributed by atoms with Crippen LogP contribution < -0.4 is 10.2 Å². The van der Waals surface area contributed by atoms with Crippen molar-refractivity contribution in [2.75, 3.05) is 36.5 Å². The fourth-order valence-electron chi connectivity index (χ4n) is 3.60. The van der Waals surface area contributed by atoms with Gasteiger partial charge in [0.25, 0.3) is 5.91 Å². The number of rotatable bonds is 4. The smallest absolute Gasteiger partial charge is 0.265 e. The van der Waals surface area contributed by atoms with E-state index in [0.717, 1.165) is 59.0 Å². The summed E-state index contributed by atoms with van der Waals surface area (Å²) in [6, 6.07) is 22.1. The molecular formula is C24H21N3O2S. The number of morpholine rings is 1. The van der Waals surface area contributed by atoms with Crippen LogP contribution in [-0.4, -0.2) is 37.2 Å². The quantitative estimate of drug-likeness (QED) is 0.507. The number of aromatic nitrogens is 1. The highest BCUT2D eigenvalue weighted by Gasteiger charge is 2.14. The molecule has 2 aromatic carbocycles. The van der Waals surface area contributed by atoms with Crippen molar-refractivity contribution in [3.8, 4) is 11.1 Å². The van der Waals surface area contributed by atoms with Crippen LogP contribution >= 0.6 is 11.3 Å². The molecule has 6 heteroatoms. The van der Waals surface area contributed by atoms with Crippen LogP contribution in [0, 0.1) is 0 Å². The number of nitrogens with one attached hydrogen (secondary N) is 1. The number of ether oxygens (including phenoxy) is 1. The van der Waals surface area contributed by atoms with Crippen molar-refractivity contribution in [1.29, 1.82) is 0 Å². The van der Waals surface area contributed by atoms with Crippen LogP contribution in [-0.2, 0) is 4.74 Å². The summed E-state index contributed by atoms with van der Waals surface area (Å²) >= 11 is 1.41. The van der Waals surface area contributed by atoms with Gasteiger partial charge in [0.05, 0.1) is 18.1 Å². The molecule has 0 aliphatic carbocycles. The number of carbonyl (C=O) groups excluding carboxylic acids is 1. The molecule has 1 N–H and O–H groups in total. The lowest BCUT2D eigenvalue weighted by Gasteiger charge is -2.28. The SMILES string of the molecule is O=C(Nc1ccc(N2CCOCC2)cc1)c1cc2cc(-c3ccccc3)cnc2s1. The van der Waals surface area contributed by atoms with Crippen molar-refractivity contribution in [3.05, 3.63) is 77.8 Å². The Morgan fingerprint density at radius 3 is 2.50 bits per heavy atom. The standard InChI is InChI=1S/C24H21N3O2S/c28-23(26-20-6-8-21(9-7-20)27-10-12-29-13-11-27)22-15-18-14-19(16-25-24(18)30-22)17-4-2-1-3-5-17/h1-9,14-16H,10-13H2,(H,26,28). The second kappa shape index (κ2) is 8.26. The summed E-state index contributed by atoms with van der Waals surface area (Å²) in [5.41, 5.74) is 4.10. The van der Waals surface area contributed by atoms with Crippen LogP contribution in [0.5, 0.6) is 0 Å². The minimum atomic E-state index is -0.113. The normalized spacial score (nSPS) is 14.1. The Bertz CT molecular complexity index is 1170. The largest absolute Gasteiger partial charge is 0.378 e. The van der Waals surface area contributed by atoms with E-state index in [-0.39, 0.29) is 5.91 Å². The van der Waals surface area contributed by atoms with Gasteiger partial charge in [0.1, 0.15) is 4.83 Å². The number of nitrogens with zero attached hydrogens (tertiary/aromatic N) is 2. The lowest BCUT2D eigenvalue weighted by Crippen LogP contribution is -2.36. The first kappa shape index (κ1) is 18.8. The van der Waals surface area contributed by atoms with E-state index in [4.69, 9.17) is 4.74 Å². The molecule has 1 aliphatic rings. The molecular weight excluding hydrogens is 394 g/mol. The van der Waals surface area contributed by atoms with Gasteiger partial charge in [-0.3, -0.25) is 4.79 Å². The van der Waals surface area contributed by atoms with E-state index in [1.54, 1.807) is 0 Å². The van der Waals surface area contributed by atoms with E-state index in [2.05, 4.69) is 33.4 Å². The van der Waals surface area contributed by atoms with Gasteiger partial charge < -0.3 is 15.0 Å². The molecule has 4 aromatic rings. The van der Waals surface area contributed by atoms with E-state index >= 15 is 0 Å². The lowest BCUT2D eigenvalue weighted by atomic mass is 10.1. The molecule has 150 valence electrons. The van der Waals surface area contributed by atoms with Gasteiger partial charge in [0.15, 0.2) is 0 Å². The van der Waals surface area contributed by atoms with Crippen molar-refractivity contribution in [3.63, 3.8) is 0 Å². The molecule has 1 saturated heterocycles. The van der Waals surface area contributed by atoms with Crippen LogP contribution in [0.15, 0.2) is 72.9 Å². The van der Waals surface area contributed by atoms with Gasteiger partial charge in [0.2, 0.25) is 0 Å². The zero-order valence-electron chi connectivity index (χ0n) is 16.4. The number of pyridine rings is 1. The first-order chi connectivity index (χ1) is 14.8. The van der Waals surface area contributed by atoms with Gasteiger partial charge in [0, 0.05) is 41.6 Å². The van der Waals surface area contributed by atoms with Gasteiger partial charge in [-0.05, 0) is 42.0 Å². The summed E-state index contributed by atoms with van der Waals surface area (Å²) in [5.74, 6) is -0.113. The maximum Gasteiger partial charge on any atom is 0.265 e. The minimum absolute atomic E-state index is 0.113. The van der Waals surface area contributed by atoms with E-state index in [0.29, 0.717) is 4.88 Å². The van der Waals surface area contributed by atoms with E-state index in [1.165, 1.54) is 11.3 Å². The Labute approximate surface area is 178 Å². The summed E-state index contributed by atoms with van der Waals surface area (Å²) in [6.45, 7) is 3.30. The summed E-state index contributed by atoms with van der Waals surface area (Å²) in [5, 5.41) is 3.98. The molecule has 3 heterocycles. The molecule has 1 aliphatic heterocycles. The Morgan fingerprint density at radius 1 is 0.967 bits per heavy atom. The molecule has 0 atom stereocenters. The first-order valence-electron chi connectivity index (χ1n) is 9.95. The highest BCUT2D eigenvalue weighted by molar-refractivity contribution is 7.20. The predicted octanol–water partition coefficient (Wildman–Crippen LogP) is 5.05. The van der Waals surface area contributed by atoms with E-state index in [1.807, 2.05) is 54.7 Å². The lowest BCUT2D eigenvalue weighted by molar-refractivity contribution is 0.103. The molecule has 1 fully saturated rings. The van der Waals surface area contributed by atoms with Crippen molar-refractivity contribution >= 4 is 38.8 Å². The monoisotopic (exact) mass is 415 g/mol. The topological polar surface area (TPSA) is 54.5 Å². The van der Waals surface area contributed by atoms with Crippen molar-refractivity contribution in [2.24, 2.45) is 0 Å². The molecule has 0 spiro atoms. The van der Waals surface area contributed by atoms with Gasteiger partial charge in [-0.2, -0.15) is 0 Å². The van der Waals surface area contributed by atoms with Crippen LogP contribution in [0.2, 0.25) is 0 Å². The molecule has 5 rings (SSSR count). The van der Waals surface area contributed by atoms with Gasteiger partial charge in [-0.1, -0.05) is 30.3 Å². The van der Waals surface area contributed by atoms with Gasteiger partial charge in [-0.15, -0.1) is 11.3 Å². The summed E-state index contributed by atoms with van der Waals surface area (Å²) in [6.07, 6.45) is 1.86. The molecule has 30 heavy (non-hydrogen) atoms. The van der Waals surface area contributed by atoms with Crippen LogP contribution in [0.25, 0.3) is 21.3 Å². The Balaban J connectivity index is 1.32. The Hall–Kier alpha value is -3.22. The molecule has 0 radical (unpaired) electrons. The van der Waals surface area contributed by atoms with Crippen LogP contribution in [0.1, 0.15) is 9.67 Å². The van der Waals surface area contributed by atoms with Crippen molar-refractivity contribution < 1.29 is 9.53 Å².